The fourth-order valence-corrected chi connectivity index (χ4v) is 4.06. The molecule has 0 radical (unpaired) electrons. The van der Waals surface area contributed by atoms with Crippen molar-refractivity contribution < 1.29 is 22.2 Å². The van der Waals surface area contributed by atoms with Gasteiger partial charge in [-0.1, -0.05) is 42.6 Å². The Balaban J connectivity index is 1.91. The number of carbonyl (C=O) groups is 2. The summed E-state index contributed by atoms with van der Waals surface area (Å²) in [6, 6.07) is 11.5. The van der Waals surface area contributed by atoms with Crippen LogP contribution in [0.5, 0.6) is 5.75 Å². The third-order valence-corrected chi connectivity index (χ3v) is 5.73. The summed E-state index contributed by atoms with van der Waals surface area (Å²) in [4.78, 5) is 27.3. The van der Waals surface area contributed by atoms with E-state index < -0.39 is 22.9 Å². The first-order valence-corrected chi connectivity index (χ1v) is 10.7. The fraction of sp³-hybridized carbons (Fsp3) is 0.333. The summed E-state index contributed by atoms with van der Waals surface area (Å²) in [5.74, 6) is -0.460. The van der Waals surface area contributed by atoms with E-state index in [1.54, 1.807) is 36.4 Å². The zero-order valence-corrected chi connectivity index (χ0v) is 18.0. The van der Waals surface area contributed by atoms with Crippen LogP contribution in [0, 0.1) is 6.92 Å². The molecule has 1 aliphatic rings. The molecular weight excluding hydrogens is 414 g/mol. The van der Waals surface area contributed by atoms with Crippen LogP contribution >= 0.6 is 11.6 Å². The number of hydrogen-bond donors (Lipinski definition) is 0. The number of carbonyl (C=O) groups excluding carboxylic acids is 2. The van der Waals surface area contributed by atoms with Gasteiger partial charge in [0.05, 0.1) is 5.69 Å². The molecule has 0 bridgehead atoms. The number of amides is 1. The van der Waals surface area contributed by atoms with E-state index in [0.717, 1.165) is 12.0 Å². The molecule has 2 aromatic rings. The topological polar surface area (TPSA) is 72.9 Å². The van der Waals surface area contributed by atoms with Gasteiger partial charge in [-0.2, -0.15) is 4.21 Å². The molecule has 0 spiro atoms. The number of benzene rings is 2. The predicted molar refractivity (Wildman–Crippen MR) is 112 cm³/mol. The van der Waals surface area contributed by atoms with Crippen molar-refractivity contribution in [2.24, 2.45) is 0 Å². The zero-order valence-electron chi connectivity index (χ0n) is 16.4. The summed E-state index contributed by atoms with van der Waals surface area (Å²) in [7, 11) is 0. The second-order valence-corrected chi connectivity index (χ2v) is 8.17. The van der Waals surface area contributed by atoms with Gasteiger partial charge in [0, 0.05) is 17.0 Å². The quantitative estimate of drug-likeness (QED) is 0.627. The summed E-state index contributed by atoms with van der Waals surface area (Å²) < 4.78 is 23.4. The van der Waals surface area contributed by atoms with E-state index in [-0.39, 0.29) is 17.9 Å². The molecule has 2 unspecified atom stereocenters. The van der Waals surface area contributed by atoms with E-state index >= 15 is 0 Å². The van der Waals surface area contributed by atoms with Gasteiger partial charge in [0.1, 0.15) is 5.75 Å². The molecule has 1 amide bonds. The number of hydrogen-bond acceptors (Lipinski definition) is 5. The molecule has 0 fully saturated rings. The Labute approximate surface area is 177 Å². The third-order valence-electron chi connectivity index (χ3n) is 4.70. The Morgan fingerprint density at radius 2 is 1.90 bits per heavy atom. The van der Waals surface area contributed by atoms with Crippen molar-refractivity contribution in [3.8, 4) is 5.75 Å². The lowest BCUT2D eigenvalue weighted by Crippen LogP contribution is -2.53. The molecule has 2 atom stereocenters. The molecule has 6 nitrogen and oxygen atoms in total. The summed E-state index contributed by atoms with van der Waals surface area (Å²) in [5.41, 5.74) is -0.151. The third kappa shape index (κ3) is 4.37. The first-order chi connectivity index (χ1) is 13.8. The summed E-state index contributed by atoms with van der Waals surface area (Å²) >= 11 is 3.78. The fourth-order valence-electron chi connectivity index (χ4n) is 3.17. The van der Waals surface area contributed by atoms with Gasteiger partial charge in [0.2, 0.25) is 17.4 Å². The minimum atomic E-state index is -2.31. The van der Waals surface area contributed by atoms with Gasteiger partial charge in [0.15, 0.2) is 0 Å². The Morgan fingerprint density at radius 3 is 2.55 bits per heavy atom. The minimum absolute atomic E-state index is 0.222. The molecule has 154 valence electrons. The maximum absolute atomic E-state index is 13.1. The number of unbranched alkanes of at least 4 members (excludes halogenated alkanes) is 1. The largest absolute Gasteiger partial charge is 0.380 e. The zero-order chi connectivity index (χ0) is 21.2. The van der Waals surface area contributed by atoms with Crippen molar-refractivity contribution in [2.45, 2.75) is 45.8 Å². The first kappa shape index (κ1) is 21.5. The molecule has 29 heavy (non-hydrogen) atoms. The van der Waals surface area contributed by atoms with Gasteiger partial charge in [-0.3, -0.25) is 14.5 Å². The molecule has 1 heterocycles. The van der Waals surface area contributed by atoms with Crippen molar-refractivity contribution in [2.75, 3.05) is 4.90 Å². The van der Waals surface area contributed by atoms with Crippen LogP contribution in [0.2, 0.25) is 5.02 Å². The van der Waals surface area contributed by atoms with Gasteiger partial charge in [-0.15, -0.1) is 0 Å². The average molecular weight is 436 g/mol. The molecule has 0 aromatic heterocycles. The van der Waals surface area contributed by atoms with Crippen LogP contribution in [-0.2, 0) is 20.3 Å². The second-order valence-electron chi connectivity index (χ2n) is 6.99. The van der Waals surface area contributed by atoms with E-state index in [4.69, 9.17) is 20.0 Å². The SMILES string of the molecule is CCCCC(=O)N1c2cc(Cl)ccc2C(=O)C1(C)OS(=O)Oc1ccc(C)cc1. The van der Waals surface area contributed by atoms with Crippen molar-refractivity contribution in [1.29, 1.82) is 0 Å². The predicted octanol–water partition coefficient (Wildman–Crippen LogP) is 4.76. The minimum Gasteiger partial charge on any atom is -0.380 e. The number of halogens is 1. The maximum atomic E-state index is 13.1. The number of anilines is 1. The van der Waals surface area contributed by atoms with Crippen LogP contribution in [0.4, 0.5) is 5.69 Å². The van der Waals surface area contributed by atoms with E-state index in [2.05, 4.69) is 0 Å². The molecule has 1 aliphatic heterocycles. The smallest absolute Gasteiger partial charge is 0.363 e. The van der Waals surface area contributed by atoms with Gasteiger partial charge >= 0.3 is 11.4 Å². The Kier molecular flexibility index (Phi) is 6.41. The number of Topliss-reactive ketones (excluding diaryl/α,β-unsaturated/α-hetero) is 1. The lowest BCUT2D eigenvalue weighted by atomic mass is 10.1. The molecule has 0 saturated heterocycles. The molecular formula is C21H22ClNO5S. The van der Waals surface area contributed by atoms with Crippen LogP contribution in [0.3, 0.4) is 0 Å². The highest BCUT2D eigenvalue weighted by molar-refractivity contribution is 7.75. The summed E-state index contributed by atoms with van der Waals surface area (Å²) in [5, 5.41) is 0.381. The number of ketones is 1. The monoisotopic (exact) mass is 435 g/mol. The van der Waals surface area contributed by atoms with E-state index in [1.165, 1.54) is 17.9 Å². The number of aryl methyl sites for hydroxylation is 1. The molecule has 2 aromatic carbocycles. The molecule has 8 heteroatoms. The van der Waals surface area contributed by atoms with E-state index in [1.807, 2.05) is 13.8 Å². The average Bonchev–Trinajstić information content (AvgIpc) is 2.88. The van der Waals surface area contributed by atoms with Gasteiger partial charge in [-0.25, -0.2) is 4.18 Å². The van der Waals surface area contributed by atoms with Gasteiger partial charge in [0.25, 0.3) is 0 Å². The van der Waals surface area contributed by atoms with Crippen molar-refractivity contribution in [3.05, 3.63) is 58.6 Å². The van der Waals surface area contributed by atoms with Gasteiger partial charge < -0.3 is 4.18 Å². The van der Waals surface area contributed by atoms with E-state index in [0.29, 0.717) is 22.9 Å². The lowest BCUT2D eigenvalue weighted by Gasteiger charge is -2.32. The van der Waals surface area contributed by atoms with E-state index in [9.17, 15) is 13.8 Å². The van der Waals surface area contributed by atoms with Crippen molar-refractivity contribution in [1.82, 2.24) is 0 Å². The first-order valence-electron chi connectivity index (χ1n) is 9.30. The standard InChI is InChI=1S/C21H22ClNO5S/c1-4-5-6-19(24)23-18-13-15(22)9-12-17(18)20(25)21(23,3)28-29(26)27-16-10-7-14(2)8-11-16/h7-13H,4-6H2,1-3H3. The molecule has 0 aliphatic carbocycles. The van der Waals surface area contributed by atoms with Crippen LogP contribution in [0.1, 0.15) is 49.0 Å². The van der Waals surface area contributed by atoms with Crippen LogP contribution in [-0.4, -0.2) is 21.6 Å². The Morgan fingerprint density at radius 1 is 1.21 bits per heavy atom. The van der Waals surface area contributed by atoms with Crippen LogP contribution in [0.25, 0.3) is 0 Å². The highest BCUT2D eigenvalue weighted by Gasteiger charge is 2.53. The molecule has 3 rings (SSSR count). The normalized spacial score (nSPS) is 19.2. The molecule has 0 N–H and O–H groups in total. The summed E-state index contributed by atoms with van der Waals surface area (Å²) in [6.07, 6.45) is 1.69. The van der Waals surface area contributed by atoms with Gasteiger partial charge in [-0.05, 0) is 50.6 Å². The molecule has 0 saturated carbocycles. The van der Waals surface area contributed by atoms with Crippen molar-refractivity contribution >= 4 is 40.3 Å². The Hall–Kier alpha value is -2.22. The number of nitrogens with zero attached hydrogens (tertiary/aromatic N) is 1. The van der Waals surface area contributed by atoms with Crippen LogP contribution < -0.4 is 9.08 Å². The highest BCUT2D eigenvalue weighted by Crippen LogP contribution is 2.42. The number of rotatable bonds is 7. The lowest BCUT2D eigenvalue weighted by molar-refractivity contribution is -0.121. The maximum Gasteiger partial charge on any atom is 0.363 e. The summed E-state index contributed by atoms with van der Waals surface area (Å²) in [6.45, 7) is 5.30. The van der Waals surface area contributed by atoms with Crippen molar-refractivity contribution in [3.63, 3.8) is 0 Å². The Bertz CT molecular complexity index is 962. The number of fused-ring (bicyclic) bond motifs is 1. The second kappa shape index (κ2) is 8.65. The highest BCUT2D eigenvalue weighted by atomic mass is 35.5. The van der Waals surface area contributed by atoms with Crippen LogP contribution in [0.15, 0.2) is 42.5 Å².